The molecule has 1 aromatic heterocycles. The molecule has 0 saturated carbocycles. The number of benzene rings is 2. The molecule has 0 aliphatic rings. The van der Waals surface area contributed by atoms with Crippen LogP contribution in [0.5, 0.6) is 5.75 Å². The van der Waals surface area contributed by atoms with Gasteiger partial charge in [-0.25, -0.2) is 4.79 Å². The molecule has 0 unspecified atom stereocenters. The van der Waals surface area contributed by atoms with Crippen molar-refractivity contribution in [3.63, 3.8) is 0 Å². The second kappa shape index (κ2) is 8.74. The summed E-state index contributed by atoms with van der Waals surface area (Å²) in [7, 11) is 0. The third kappa shape index (κ3) is 4.09. The summed E-state index contributed by atoms with van der Waals surface area (Å²) in [5.74, 6) is 0.510. The first-order chi connectivity index (χ1) is 13.6. The predicted molar refractivity (Wildman–Crippen MR) is 111 cm³/mol. The van der Waals surface area contributed by atoms with Crippen LogP contribution >= 0.6 is 0 Å². The van der Waals surface area contributed by atoms with Crippen molar-refractivity contribution >= 4 is 16.9 Å². The second-order valence-corrected chi connectivity index (χ2v) is 6.51. The average Bonchev–Trinajstić information content (AvgIpc) is 2.72. The van der Waals surface area contributed by atoms with E-state index in [1.54, 1.807) is 11.0 Å². The highest BCUT2D eigenvalue weighted by atomic mass is 16.5. The van der Waals surface area contributed by atoms with E-state index in [2.05, 4.69) is 0 Å². The molecule has 146 valence electrons. The lowest BCUT2D eigenvalue weighted by molar-refractivity contribution is -0.132. The van der Waals surface area contributed by atoms with Gasteiger partial charge in [0.05, 0.1) is 0 Å². The number of hydrogen-bond donors (Lipinski definition) is 0. The van der Waals surface area contributed by atoms with Crippen LogP contribution < -0.4 is 10.4 Å². The highest BCUT2D eigenvalue weighted by molar-refractivity contribution is 5.94. The monoisotopic (exact) mass is 379 g/mol. The fraction of sp³-hybridized carbons (Fsp3) is 0.304. The van der Waals surface area contributed by atoms with Crippen molar-refractivity contribution in [1.82, 2.24) is 4.90 Å². The summed E-state index contributed by atoms with van der Waals surface area (Å²) in [5.41, 5.74) is 2.78. The van der Waals surface area contributed by atoms with E-state index < -0.39 is 5.63 Å². The van der Waals surface area contributed by atoms with Gasteiger partial charge in [0.25, 0.3) is 5.91 Å². The van der Waals surface area contributed by atoms with Gasteiger partial charge >= 0.3 is 5.63 Å². The van der Waals surface area contributed by atoms with E-state index in [-0.39, 0.29) is 12.5 Å². The van der Waals surface area contributed by atoms with Gasteiger partial charge < -0.3 is 14.1 Å². The smallest absolute Gasteiger partial charge is 0.336 e. The second-order valence-electron chi connectivity index (χ2n) is 6.51. The van der Waals surface area contributed by atoms with Gasteiger partial charge in [-0.1, -0.05) is 37.3 Å². The molecule has 0 N–H and O–H groups in total. The zero-order valence-electron chi connectivity index (χ0n) is 16.5. The number of fused-ring (bicyclic) bond motifs is 1. The Morgan fingerprint density at radius 3 is 2.39 bits per heavy atom. The molecule has 0 aliphatic heterocycles. The lowest BCUT2D eigenvalue weighted by atomic mass is 9.99. The van der Waals surface area contributed by atoms with Crippen molar-refractivity contribution in [2.24, 2.45) is 0 Å². The minimum absolute atomic E-state index is 0.0389. The van der Waals surface area contributed by atoms with Crippen molar-refractivity contribution in [2.45, 2.75) is 27.2 Å². The normalized spacial score (nSPS) is 10.8. The van der Waals surface area contributed by atoms with Gasteiger partial charge in [-0.2, -0.15) is 0 Å². The Kier molecular flexibility index (Phi) is 6.14. The standard InChI is InChI=1S/C23H25NO4/c1-4-16-12-19-18(17-10-8-7-9-11-17)13-23(26)28-21(19)14-20(16)27-15-22(25)24(5-2)6-3/h7-14H,4-6,15H2,1-3H3. The Labute approximate surface area is 164 Å². The van der Waals surface area contributed by atoms with Gasteiger partial charge in [-0.15, -0.1) is 0 Å². The topological polar surface area (TPSA) is 59.8 Å². The first kappa shape index (κ1) is 19.7. The van der Waals surface area contributed by atoms with Gasteiger partial charge in [0.1, 0.15) is 11.3 Å². The molecule has 0 atom stereocenters. The van der Waals surface area contributed by atoms with Crippen LogP contribution in [0, 0.1) is 0 Å². The van der Waals surface area contributed by atoms with E-state index in [0.29, 0.717) is 24.4 Å². The molecule has 1 amide bonds. The lowest BCUT2D eigenvalue weighted by Gasteiger charge is -2.19. The maximum atomic E-state index is 12.3. The van der Waals surface area contributed by atoms with E-state index in [1.165, 1.54) is 6.07 Å². The van der Waals surface area contributed by atoms with E-state index in [0.717, 1.165) is 28.5 Å². The SMILES string of the molecule is CCc1cc2c(-c3ccccc3)cc(=O)oc2cc1OCC(=O)N(CC)CC. The number of hydrogen-bond acceptors (Lipinski definition) is 4. The zero-order valence-corrected chi connectivity index (χ0v) is 16.5. The summed E-state index contributed by atoms with van der Waals surface area (Å²) in [6, 6.07) is 15.0. The summed E-state index contributed by atoms with van der Waals surface area (Å²) in [4.78, 5) is 26.1. The Balaban J connectivity index is 2.02. The highest BCUT2D eigenvalue weighted by Crippen LogP contribution is 2.32. The minimum Gasteiger partial charge on any atom is -0.483 e. The predicted octanol–water partition coefficient (Wildman–Crippen LogP) is 4.27. The number of carbonyl (C=O) groups is 1. The highest BCUT2D eigenvalue weighted by Gasteiger charge is 2.15. The third-order valence-corrected chi connectivity index (χ3v) is 4.86. The quantitative estimate of drug-likeness (QED) is 0.575. The number of ether oxygens (including phenoxy) is 1. The fourth-order valence-electron chi connectivity index (χ4n) is 3.31. The first-order valence-electron chi connectivity index (χ1n) is 9.64. The summed E-state index contributed by atoms with van der Waals surface area (Å²) in [6.07, 6.45) is 0.734. The van der Waals surface area contributed by atoms with Crippen molar-refractivity contribution in [3.8, 4) is 16.9 Å². The molecule has 0 bridgehead atoms. The molecule has 3 aromatic rings. The molecule has 1 heterocycles. The number of carbonyl (C=O) groups excluding carboxylic acids is 1. The summed E-state index contributed by atoms with van der Waals surface area (Å²) < 4.78 is 11.2. The third-order valence-electron chi connectivity index (χ3n) is 4.86. The van der Waals surface area contributed by atoms with Crippen LogP contribution in [0.1, 0.15) is 26.3 Å². The summed E-state index contributed by atoms with van der Waals surface area (Å²) in [6.45, 7) is 7.16. The molecular formula is C23H25NO4. The lowest BCUT2D eigenvalue weighted by Crippen LogP contribution is -2.34. The number of aryl methyl sites for hydroxylation is 1. The maximum Gasteiger partial charge on any atom is 0.336 e. The Hall–Kier alpha value is -3.08. The molecule has 5 nitrogen and oxygen atoms in total. The molecule has 2 aromatic carbocycles. The van der Waals surface area contributed by atoms with Crippen molar-refractivity contribution < 1.29 is 13.9 Å². The largest absolute Gasteiger partial charge is 0.483 e. The van der Waals surface area contributed by atoms with Gasteiger partial charge in [0, 0.05) is 30.6 Å². The van der Waals surface area contributed by atoms with Gasteiger partial charge in [-0.3, -0.25) is 4.79 Å². The van der Waals surface area contributed by atoms with Crippen molar-refractivity contribution in [3.05, 3.63) is 64.5 Å². The number of nitrogens with zero attached hydrogens (tertiary/aromatic N) is 1. The van der Waals surface area contributed by atoms with E-state index >= 15 is 0 Å². The van der Waals surface area contributed by atoms with Gasteiger partial charge in [0.15, 0.2) is 6.61 Å². The Bertz CT molecular complexity index is 1020. The van der Waals surface area contributed by atoms with Crippen LogP contribution in [-0.4, -0.2) is 30.5 Å². The first-order valence-corrected chi connectivity index (χ1v) is 9.64. The molecule has 5 heteroatoms. The average molecular weight is 379 g/mol. The zero-order chi connectivity index (χ0) is 20.1. The maximum absolute atomic E-state index is 12.3. The molecule has 0 fully saturated rings. The van der Waals surface area contributed by atoms with Gasteiger partial charge in [-0.05, 0) is 43.0 Å². The van der Waals surface area contributed by atoms with Crippen LogP contribution in [0.3, 0.4) is 0 Å². The molecule has 0 spiro atoms. The minimum atomic E-state index is -0.416. The molecule has 0 saturated heterocycles. The van der Waals surface area contributed by atoms with Gasteiger partial charge in [0.2, 0.25) is 0 Å². The van der Waals surface area contributed by atoms with Crippen LogP contribution in [-0.2, 0) is 11.2 Å². The number of rotatable bonds is 7. The molecule has 3 rings (SSSR count). The van der Waals surface area contributed by atoms with E-state index in [4.69, 9.17) is 9.15 Å². The van der Waals surface area contributed by atoms with Crippen molar-refractivity contribution in [2.75, 3.05) is 19.7 Å². The molecule has 0 aliphatic carbocycles. The van der Waals surface area contributed by atoms with Crippen LogP contribution in [0.15, 0.2) is 57.7 Å². The number of amides is 1. The molecular weight excluding hydrogens is 354 g/mol. The molecule has 0 radical (unpaired) electrons. The van der Waals surface area contributed by atoms with Crippen LogP contribution in [0.2, 0.25) is 0 Å². The fourth-order valence-corrected chi connectivity index (χ4v) is 3.31. The Morgan fingerprint density at radius 2 is 1.75 bits per heavy atom. The van der Waals surface area contributed by atoms with E-state index in [9.17, 15) is 9.59 Å². The summed E-state index contributed by atoms with van der Waals surface area (Å²) >= 11 is 0. The van der Waals surface area contributed by atoms with Crippen LogP contribution in [0.4, 0.5) is 0 Å². The van der Waals surface area contributed by atoms with Crippen LogP contribution in [0.25, 0.3) is 22.1 Å². The molecule has 28 heavy (non-hydrogen) atoms. The number of likely N-dealkylation sites (N-methyl/N-ethyl adjacent to an activating group) is 1. The Morgan fingerprint density at radius 1 is 1.04 bits per heavy atom. The summed E-state index contributed by atoms with van der Waals surface area (Å²) in [5, 5.41) is 0.852. The van der Waals surface area contributed by atoms with E-state index in [1.807, 2.05) is 57.2 Å². The van der Waals surface area contributed by atoms with Crippen molar-refractivity contribution in [1.29, 1.82) is 0 Å².